The third-order valence-corrected chi connectivity index (χ3v) is 18.5. The summed E-state index contributed by atoms with van der Waals surface area (Å²) in [5.41, 5.74) is 16.9. The van der Waals surface area contributed by atoms with Crippen LogP contribution in [0.2, 0.25) is 0 Å². The predicted molar refractivity (Wildman–Crippen MR) is 254 cm³/mol. The standard InChI is InChI=1S/C57H51OP.Os/c1-8-19-40-27-30-48-50-35-55-51(36-54(50)56(4,5)52(48)32-40)49-31-28-41(33-53(49)57(55,6)7)26-29-43(34-44-38-58-37-42(44)9-2)39(3)59(45-20-13-10-14-21-45,46-22-15-11-16-23-46)47-24-17-12-18-25-47;/h8-36H,37-38H2,1-2,4-7H3;/q+1;/b19-8+,29-26+,42-9?,43-39?,44-34?;. The van der Waals surface area contributed by atoms with Crippen molar-refractivity contribution in [2.75, 3.05) is 13.2 Å². The molecule has 1 heterocycles. The molecular weight excluding hydrogens is 922 g/mol. The Balaban J connectivity index is 1.21. The Morgan fingerprint density at radius 1 is 0.567 bits per heavy atom. The minimum absolute atomic E-state index is 0.0794. The van der Waals surface area contributed by atoms with Crippen LogP contribution in [0.5, 0.6) is 0 Å². The number of ether oxygens (including phenoxy) is 1. The summed E-state index contributed by atoms with van der Waals surface area (Å²) in [6, 6.07) is 52.5. The van der Waals surface area contributed by atoms with Crippen molar-refractivity contribution >= 4 is 35.3 Å². The Kier molecular flexibility index (Phi) is 10.7. The topological polar surface area (TPSA) is 9.23 Å². The number of benzene rings is 6. The van der Waals surface area contributed by atoms with Gasteiger partial charge >= 0.3 is 296 Å². The molecule has 0 saturated carbocycles. The first-order valence-electron chi connectivity index (χ1n) is 21.0. The van der Waals surface area contributed by atoms with Crippen LogP contribution < -0.4 is 15.9 Å². The molecule has 1 fully saturated rings. The maximum atomic E-state index is 6.06. The van der Waals surface area contributed by atoms with E-state index in [1.54, 1.807) is 0 Å². The molecule has 0 aromatic heterocycles. The van der Waals surface area contributed by atoms with Crippen LogP contribution in [0.25, 0.3) is 34.4 Å². The zero-order chi connectivity index (χ0) is 41.6. The van der Waals surface area contributed by atoms with Crippen LogP contribution >= 0.6 is 7.26 Å². The SMILES string of the molecule is CC=C1COCC1=CC(/C=C/c1ccc2c(c1)C(C)(C)c1cc3c(cc1-2)C(C)(C)c1cc(/C=C/C)ccc1-3)=C([C]#[Os])[P+](c1ccccc1)(c1ccccc1)c1ccccc1. The fourth-order valence-electron chi connectivity index (χ4n) is 9.92. The second-order valence-corrected chi connectivity index (χ2v) is 21.2. The van der Waals surface area contributed by atoms with Crippen LogP contribution in [0.15, 0.2) is 186 Å². The average Bonchev–Trinajstić information content (AvgIpc) is 3.89. The molecule has 6 aromatic rings. The first kappa shape index (κ1) is 40.2. The normalized spacial score (nSPS) is 17.8. The summed E-state index contributed by atoms with van der Waals surface area (Å²) in [5.74, 6) is 0. The molecule has 1 nitrogen and oxygen atoms in total. The molecule has 3 heteroatoms. The van der Waals surface area contributed by atoms with E-state index in [1.165, 1.54) is 88.0 Å². The molecule has 1 aliphatic heterocycles. The van der Waals surface area contributed by atoms with E-state index in [0.717, 1.165) is 5.57 Å². The molecule has 0 amide bonds. The van der Waals surface area contributed by atoms with Crippen LogP contribution in [0.3, 0.4) is 0 Å². The fourth-order valence-corrected chi connectivity index (χ4v) is 15.7. The van der Waals surface area contributed by atoms with Gasteiger partial charge in [0.15, 0.2) is 0 Å². The molecule has 297 valence electrons. The third kappa shape index (κ3) is 6.58. The van der Waals surface area contributed by atoms with Gasteiger partial charge in [-0.25, -0.2) is 0 Å². The van der Waals surface area contributed by atoms with Crippen molar-refractivity contribution in [3.05, 3.63) is 219 Å². The quantitative estimate of drug-likeness (QED) is 0.109. The van der Waals surface area contributed by atoms with Gasteiger partial charge in [0.05, 0.1) is 0 Å². The van der Waals surface area contributed by atoms with Gasteiger partial charge in [0, 0.05) is 5.41 Å². The molecule has 9 rings (SSSR count). The predicted octanol–water partition coefficient (Wildman–Crippen LogP) is 13.0. The molecule has 0 N–H and O–H groups in total. The summed E-state index contributed by atoms with van der Waals surface area (Å²) in [6.07, 6.45) is 13.6. The van der Waals surface area contributed by atoms with Crippen LogP contribution in [0, 0.1) is 4.37 Å². The molecule has 0 bridgehead atoms. The number of allylic oxidation sites excluding steroid dienone is 6. The molecule has 60 heavy (non-hydrogen) atoms. The number of hydrogen-bond acceptors (Lipinski definition) is 1. The zero-order valence-corrected chi connectivity index (χ0v) is 38.8. The van der Waals surface area contributed by atoms with Gasteiger partial charge < -0.3 is 0 Å². The Morgan fingerprint density at radius 3 is 1.47 bits per heavy atom. The molecule has 0 radical (unpaired) electrons. The first-order valence-corrected chi connectivity index (χ1v) is 24.1. The van der Waals surface area contributed by atoms with Crippen molar-refractivity contribution in [2.24, 2.45) is 0 Å². The zero-order valence-electron chi connectivity index (χ0n) is 35.4. The molecule has 1 saturated heterocycles. The number of rotatable bonds is 8. The molecule has 3 aliphatic rings. The second-order valence-electron chi connectivity index (χ2n) is 17.2. The van der Waals surface area contributed by atoms with E-state index in [0.29, 0.717) is 13.2 Å². The van der Waals surface area contributed by atoms with E-state index in [9.17, 15) is 0 Å². The molecule has 0 spiro atoms. The maximum absolute atomic E-state index is 6.06. The van der Waals surface area contributed by atoms with Gasteiger partial charge in [0.2, 0.25) is 0 Å². The summed E-state index contributed by atoms with van der Waals surface area (Å²) in [7, 11) is -2.43. The van der Waals surface area contributed by atoms with Crippen molar-refractivity contribution in [1.29, 1.82) is 0 Å². The second kappa shape index (κ2) is 16.0. The molecule has 0 unspecified atom stereocenters. The van der Waals surface area contributed by atoms with Crippen molar-refractivity contribution in [1.82, 2.24) is 0 Å². The molecule has 6 aromatic carbocycles. The van der Waals surface area contributed by atoms with Gasteiger partial charge in [0.1, 0.15) is 0 Å². The summed E-state index contributed by atoms with van der Waals surface area (Å²) in [5, 5.41) is 5.15. The van der Waals surface area contributed by atoms with E-state index in [4.69, 9.17) is 4.74 Å². The van der Waals surface area contributed by atoms with E-state index >= 15 is 0 Å². The van der Waals surface area contributed by atoms with Gasteiger partial charge in [-0.2, -0.15) is 0 Å². The monoisotopic (exact) mass is 974 g/mol. The summed E-state index contributed by atoms with van der Waals surface area (Å²) in [4.78, 5) is 0. The molecule has 0 atom stereocenters. The first-order chi connectivity index (χ1) is 29.1. The average molecular weight is 973 g/mol. The minimum atomic E-state index is -2.43. The third-order valence-electron chi connectivity index (χ3n) is 13.1. The van der Waals surface area contributed by atoms with E-state index in [1.807, 2.05) is 17.9 Å². The summed E-state index contributed by atoms with van der Waals surface area (Å²) >= 11 is 1.83. The van der Waals surface area contributed by atoms with Gasteiger partial charge in [-0.05, 0) is 23.6 Å². The number of fused-ring (bicyclic) bond motifs is 6. The van der Waals surface area contributed by atoms with Crippen LogP contribution in [0.1, 0.15) is 74.9 Å². The Labute approximate surface area is 367 Å². The van der Waals surface area contributed by atoms with Crippen molar-refractivity contribution in [3.8, 4) is 26.6 Å². The molecular formula is C57H51OOsP+. The van der Waals surface area contributed by atoms with Gasteiger partial charge in [-0.3, -0.25) is 0 Å². The van der Waals surface area contributed by atoms with E-state index in [-0.39, 0.29) is 10.8 Å². The van der Waals surface area contributed by atoms with E-state index < -0.39 is 7.26 Å². The van der Waals surface area contributed by atoms with Crippen LogP contribution in [-0.4, -0.2) is 13.2 Å². The van der Waals surface area contributed by atoms with Crippen LogP contribution in [-0.2, 0) is 33.5 Å². The van der Waals surface area contributed by atoms with Gasteiger partial charge in [0.25, 0.3) is 0 Å². The fraction of sp³-hybridized carbons (Fsp3) is 0.175. The van der Waals surface area contributed by atoms with Gasteiger partial charge in [-0.15, -0.1) is 0 Å². The summed E-state index contributed by atoms with van der Waals surface area (Å²) < 4.78 is 9.95. The Hall–Kier alpha value is -5.17. The Bertz CT molecular complexity index is 2750. The number of hydrogen-bond donors (Lipinski definition) is 0. The Morgan fingerprint density at radius 2 is 1.02 bits per heavy atom. The summed E-state index contributed by atoms with van der Waals surface area (Å²) in [6.45, 7) is 15.0. The van der Waals surface area contributed by atoms with Crippen molar-refractivity contribution in [3.63, 3.8) is 0 Å². The van der Waals surface area contributed by atoms with Gasteiger partial charge in [-0.1, -0.05) is 44.2 Å². The van der Waals surface area contributed by atoms with Crippen molar-refractivity contribution in [2.45, 2.75) is 52.4 Å². The van der Waals surface area contributed by atoms with Crippen LogP contribution in [0.4, 0.5) is 0 Å². The van der Waals surface area contributed by atoms with E-state index in [2.05, 4.69) is 222 Å². The molecule has 2 aliphatic carbocycles. The van der Waals surface area contributed by atoms with Crippen molar-refractivity contribution < 1.29 is 22.7 Å².